The Morgan fingerprint density at radius 2 is 1.74 bits per heavy atom. The molecule has 2 heteroatoms. The lowest BCUT2D eigenvalue weighted by atomic mass is 9.70. The van der Waals surface area contributed by atoms with E-state index >= 15 is 0 Å². The highest BCUT2D eigenvalue weighted by Crippen LogP contribution is 2.39. The lowest BCUT2D eigenvalue weighted by Gasteiger charge is -2.33. The van der Waals surface area contributed by atoms with E-state index in [2.05, 4.69) is 38.1 Å². The predicted octanol–water partition coefficient (Wildman–Crippen LogP) is 4.39. The molecule has 1 fully saturated rings. The smallest absolute Gasteiger partial charge is 0.309 e. The maximum atomic E-state index is 11.7. The largest absolute Gasteiger partial charge is 0.481 e. The van der Waals surface area contributed by atoms with Crippen molar-refractivity contribution in [1.29, 1.82) is 0 Å². The third-order valence-corrected chi connectivity index (χ3v) is 4.45. The fourth-order valence-electron chi connectivity index (χ4n) is 3.11. The lowest BCUT2D eigenvalue weighted by molar-refractivity contribution is -0.151. The summed E-state index contributed by atoms with van der Waals surface area (Å²) in [6, 6.07) is 8.49. The van der Waals surface area contributed by atoms with E-state index in [0.29, 0.717) is 12.3 Å². The minimum atomic E-state index is -0.611. The number of carboxylic acid groups (broad SMARTS) is 1. The second kappa shape index (κ2) is 5.77. The second-order valence-corrected chi connectivity index (χ2v) is 6.22. The van der Waals surface area contributed by atoms with Gasteiger partial charge in [0.15, 0.2) is 0 Å². The van der Waals surface area contributed by atoms with Gasteiger partial charge in [-0.2, -0.15) is 0 Å². The van der Waals surface area contributed by atoms with Crippen LogP contribution in [0.2, 0.25) is 0 Å². The molecule has 19 heavy (non-hydrogen) atoms. The van der Waals surface area contributed by atoms with Crippen LogP contribution in [0.15, 0.2) is 24.3 Å². The van der Waals surface area contributed by atoms with Gasteiger partial charge in [-0.05, 0) is 36.3 Å². The third-order valence-electron chi connectivity index (χ3n) is 4.45. The van der Waals surface area contributed by atoms with Gasteiger partial charge in [-0.3, -0.25) is 4.79 Å². The maximum absolute atomic E-state index is 11.7. The zero-order valence-corrected chi connectivity index (χ0v) is 12.0. The Labute approximate surface area is 115 Å². The van der Waals surface area contributed by atoms with Gasteiger partial charge in [-0.25, -0.2) is 0 Å². The molecule has 1 saturated carbocycles. The molecule has 1 aromatic carbocycles. The van der Waals surface area contributed by atoms with Gasteiger partial charge >= 0.3 is 5.97 Å². The summed E-state index contributed by atoms with van der Waals surface area (Å²) in [5.41, 5.74) is 1.96. The molecule has 104 valence electrons. The molecular formula is C17H24O2. The first-order valence-electron chi connectivity index (χ1n) is 7.36. The topological polar surface area (TPSA) is 37.3 Å². The van der Waals surface area contributed by atoms with Crippen LogP contribution in [0.1, 0.15) is 63.0 Å². The summed E-state index contributed by atoms with van der Waals surface area (Å²) in [6.07, 6.45) is 5.62. The van der Waals surface area contributed by atoms with Crippen LogP contribution in [0.5, 0.6) is 0 Å². The minimum absolute atomic E-state index is 0.516. The van der Waals surface area contributed by atoms with Gasteiger partial charge in [-0.15, -0.1) is 0 Å². The van der Waals surface area contributed by atoms with Crippen molar-refractivity contribution in [3.8, 4) is 0 Å². The van der Waals surface area contributed by atoms with Gasteiger partial charge < -0.3 is 5.11 Å². The molecule has 1 aromatic rings. The molecule has 0 amide bonds. The Morgan fingerprint density at radius 3 is 2.21 bits per heavy atom. The van der Waals surface area contributed by atoms with E-state index in [0.717, 1.165) is 31.2 Å². The van der Waals surface area contributed by atoms with Crippen LogP contribution < -0.4 is 0 Å². The van der Waals surface area contributed by atoms with E-state index < -0.39 is 11.4 Å². The number of carbonyl (C=O) groups is 1. The number of hydrogen-bond acceptors (Lipinski definition) is 1. The van der Waals surface area contributed by atoms with Crippen LogP contribution in [-0.2, 0) is 11.2 Å². The fourth-order valence-corrected chi connectivity index (χ4v) is 3.11. The Kier molecular flexibility index (Phi) is 4.28. The molecular weight excluding hydrogens is 236 g/mol. The molecule has 1 aliphatic carbocycles. The van der Waals surface area contributed by atoms with Crippen LogP contribution >= 0.6 is 0 Å². The maximum Gasteiger partial charge on any atom is 0.309 e. The quantitative estimate of drug-likeness (QED) is 0.871. The van der Waals surface area contributed by atoms with Gasteiger partial charge in [0, 0.05) is 0 Å². The number of hydrogen-bond donors (Lipinski definition) is 1. The SMILES string of the molecule is CC(C)c1ccc(CC2(C(=O)O)CCCCC2)cc1. The first kappa shape index (κ1) is 14.1. The number of benzene rings is 1. The average molecular weight is 260 g/mol. The minimum Gasteiger partial charge on any atom is -0.481 e. The standard InChI is InChI=1S/C17H24O2/c1-13(2)15-8-6-14(7-9-15)12-17(16(18)19)10-4-3-5-11-17/h6-9,13H,3-5,10-12H2,1-2H3,(H,18,19). The first-order chi connectivity index (χ1) is 9.03. The summed E-state index contributed by atoms with van der Waals surface area (Å²) in [5.74, 6) is -0.0858. The van der Waals surface area contributed by atoms with E-state index in [9.17, 15) is 9.90 Å². The Bertz CT molecular complexity index is 425. The summed E-state index contributed by atoms with van der Waals surface area (Å²) in [7, 11) is 0. The molecule has 0 spiro atoms. The van der Waals surface area contributed by atoms with Crippen LogP contribution in [0, 0.1) is 5.41 Å². The van der Waals surface area contributed by atoms with Crippen LogP contribution in [-0.4, -0.2) is 11.1 Å². The highest BCUT2D eigenvalue weighted by atomic mass is 16.4. The summed E-state index contributed by atoms with van der Waals surface area (Å²) >= 11 is 0. The molecule has 0 saturated heterocycles. The van der Waals surface area contributed by atoms with Crippen molar-refractivity contribution in [2.24, 2.45) is 5.41 Å². The van der Waals surface area contributed by atoms with Crippen molar-refractivity contribution < 1.29 is 9.90 Å². The number of aliphatic carboxylic acids is 1. The Balaban J connectivity index is 2.15. The van der Waals surface area contributed by atoms with E-state index in [1.54, 1.807) is 0 Å². The van der Waals surface area contributed by atoms with E-state index in [1.165, 1.54) is 12.0 Å². The number of rotatable bonds is 4. The zero-order chi connectivity index (χ0) is 13.9. The van der Waals surface area contributed by atoms with Crippen LogP contribution in [0.4, 0.5) is 0 Å². The zero-order valence-electron chi connectivity index (χ0n) is 12.0. The molecule has 2 rings (SSSR count). The van der Waals surface area contributed by atoms with Crippen LogP contribution in [0.25, 0.3) is 0 Å². The monoisotopic (exact) mass is 260 g/mol. The van der Waals surface area contributed by atoms with Crippen molar-refractivity contribution in [3.05, 3.63) is 35.4 Å². The van der Waals surface area contributed by atoms with Gasteiger partial charge in [0.25, 0.3) is 0 Å². The van der Waals surface area contributed by atoms with Gasteiger partial charge in [0.1, 0.15) is 0 Å². The summed E-state index contributed by atoms with van der Waals surface area (Å²) in [4.78, 5) is 11.7. The molecule has 2 nitrogen and oxygen atoms in total. The van der Waals surface area contributed by atoms with Crippen LogP contribution in [0.3, 0.4) is 0 Å². The molecule has 1 aliphatic rings. The molecule has 0 radical (unpaired) electrons. The molecule has 0 aromatic heterocycles. The van der Waals surface area contributed by atoms with Crippen molar-refractivity contribution in [3.63, 3.8) is 0 Å². The van der Waals surface area contributed by atoms with Crippen molar-refractivity contribution in [2.75, 3.05) is 0 Å². The Morgan fingerprint density at radius 1 is 1.16 bits per heavy atom. The van der Waals surface area contributed by atoms with Crippen molar-refractivity contribution in [2.45, 2.75) is 58.3 Å². The van der Waals surface area contributed by atoms with Gasteiger partial charge in [-0.1, -0.05) is 57.4 Å². The van der Waals surface area contributed by atoms with Gasteiger partial charge in [0.2, 0.25) is 0 Å². The lowest BCUT2D eigenvalue weighted by Crippen LogP contribution is -2.35. The highest BCUT2D eigenvalue weighted by molar-refractivity contribution is 5.75. The molecule has 0 bridgehead atoms. The number of carboxylic acids is 1. The first-order valence-corrected chi connectivity index (χ1v) is 7.36. The van der Waals surface area contributed by atoms with Crippen molar-refractivity contribution >= 4 is 5.97 Å². The van der Waals surface area contributed by atoms with Crippen molar-refractivity contribution in [1.82, 2.24) is 0 Å². The Hall–Kier alpha value is -1.31. The third kappa shape index (κ3) is 3.17. The molecule has 0 unspecified atom stereocenters. The molecule has 0 aliphatic heterocycles. The summed E-state index contributed by atoms with van der Waals surface area (Å²) < 4.78 is 0. The molecule has 0 heterocycles. The predicted molar refractivity (Wildman–Crippen MR) is 77.4 cm³/mol. The molecule has 0 atom stereocenters. The van der Waals surface area contributed by atoms with Gasteiger partial charge in [0.05, 0.1) is 5.41 Å². The highest BCUT2D eigenvalue weighted by Gasteiger charge is 2.39. The second-order valence-electron chi connectivity index (χ2n) is 6.22. The fraction of sp³-hybridized carbons (Fsp3) is 0.588. The van der Waals surface area contributed by atoms with E-state index in [1.807, 2.05) is 0 Å². The molecule has 1 N–H and O–H groups in total. The summed E-state index contributed by atoms with van der Waals surface area (Å²) in [5, 5.41) is 9.59. The summed E-state index contributed by atoms with van der Waals surface area (Å²) in [6.45, 7) is 4.35. The normalized spacial score (nSPS) is 18.5. The van der Waals surface area contributed by atoms with E-state index in [-0.39, 0.29) is 0 Å². The average Bonchev–Trinajstić information content (AvgIpc) is 2.40. The van der Waals surface area contributed by atoms with E-state index in [4.69, 9.17) is 0 Å².